The molecule has 1 aliphatic heterocycles. The predicted octanol–water partition coefficient (Wildman–Crippen LogP) is 3.21. The first kappa shape index (κ1) is 10.7. The van der Waals surface area contributed by atoms with E-state index in [0.717, 1.165) is 0 Å². The average molecular weight is 212 g/mol. The largest absolute Gasteiger partial charge is 0.336 e. The van der Waals surface area contributed by atoms with Gasteiger partial charge in [-0.15, -0.1) is 0 Å². The van der Waals surface area contributed by atoms with Crippen molar-refractivity contribution in [2.75, 3.05) is 4.90 Å². The lowest BCUT2D eigenvalue weighted by Crippen LogP contribution is -2.32. The van der Waals surface area contributed by atoms with Gasteiger partial charge in [0, 0.05) is 18.1 Å². The smallest absolute Gasteiger partial charge is 0.0867 e. The number of anilines is 1. The van der Waals surface area contributed by atoms with Gasteiger partial charge in [0.15, 0.2) is 0 Å². The third-order valence-electron chi connectivity index (χ3n) is 2.86. The summed E-state index contributed by atoms with van der Waals surface area (Å²) in [5.41, 5.74) is 3.69. The fraction of sp³-hybridized carbons (Fsp3) is 0.214. The average Bonchev–Trinajstić information content (AvgIpc) is 2.29. The molecule has 0 aromatic heterocycles. The molecule has 0 aliphatic carbocycles. The number of nitrogens with one attached hydrogen (secondary N) is 1. The minimum Gasteiger partial charge on any atom is -0.336 e. The molecule has 0 radical (unpaired) electrons. The number of hydrogen-bond acceptors (Lipinski definition) is 2. The highest BCUT2D eigenvalue weighted by Crippen LogP contribution is 2.27. The van der Waals surface area contributed by atoms with Crippen LogP contribution in [-0.2, 0) is 0 Å². The Morgan fingerprint density at radius 1 is 1.19 bits per heavy atom. The van der Waals surface area contributed by atoms with Crippen LogP contribution in [0.1, 0.15) is 11.1 Å². The van der Waals surface area contributed by atoms with Gasteiger partial charge in [-0.1, -0.05) is 30.4 Å². The van der Waals surface area contributed by atoms with Crippen molar-refractivity contribution in [3.05, 3.63) is 53.8 Å². The van der Waals surface area contributed by atoms with E-state index in [2.05, 4.69) is 36.9 Å². The molecular weight excluding hydrogens is 196 g/mol. The Hall–Kier alpha value is -1.83. The van der Waals surface area contributed by atoms with E-state index in [1.54, 1.807) is 0 Å². The van der Waals surface area contributed by atoms with E-state index in [1.165, 1.54) is 23.0 Å². The van der Waals surface area contributed by atoms with Crippen LogP contribution >= 0.6 is 0 Å². The quantitative estimate of drug-likeness (QED) is 0.749. The summed E-state index contributed by atoms with van der Waals surface area (Å²) in [7, 11) is 0. The summed E-state index contributed by atoms with van der Waals surface area (Å²) in [5.74, 6) is 0. The van der Waals surface area contributed by atoms with Gasteiger partial charge in [0.2, 0.25) is 0 Å². The normalized spacial score (nSPS) is 18.9. The Labute approximate surface area is 96.4 Å². The minimum absolute atomic E-state index is 0.0322. The van der Waals surface area contributed by atoms with Gasteiger partial charge in [-0.2, -0.15) is 0 Å². The van der Waals surface area contributed by atoms with Crippen molar-refractivity contribution in [3.8, 4) is 0 Å². The zero-order chi connectivity index (χ0) is 11.5. The molecule has 1 aromatic rings. The lowest BCUT2D eigenvalue weighted by atomic mass is 10.1. The summed E-state index contributed by atoms with van der Waals surface area (Å²) in [6.07, 6.45) is 9.52. The number of hydrogen-bond donors (Lipinski definition) is 1. The fourth-order valence-corrected chi connectivity index (χ4v) is 2.08. The SMILES string of the molecule is Cc1cccc(C)c1N1C=CC=CC1C=N. The van der Waals surface area contributed by atoms with Crippen LogP contribution in [0.4, 0.5) is 5.69 Å². The third kappa shape index (κ3) is 1.78. The molecule has 2 rings (SSSR count). The molecule has 2 heteroatoms. The van der Waals surface area contributed by atoms with Crippen LogP contribution in [0.5, 0.6) is 0 Å². The molecule has 16 heavy (non-hydrogen) atoms. The van der Waals surface area contributed by atoms with Gasteiger partial charge in [0.25, 0.3) is 0 Å². The van der Waals surface area contributed by atoms with Crippen molar-refractivity contribution in [2.24, 2.45) is 0 Å². The second-order valence-corrected chi connectivity index (χ2v) is 4.03. The number of aryl methyl sites for hydroxylation is 2. The van der Waals surface area contributed by atoms with Crippen LogP contribution in [-0.4, -0.2) is 12.3 Å². The number of benzene rings is 1. The molecule has 0 spiro atoms. The zero-order valence-electron chi connectivity index (χ0n) is 9.64. The second-order valence-electron chi connectivity index (χ2n) is 4.03. The fourth-order valence-electron chi connectivity index (χ4n) is 2.08. The molecule has 1 aliphatic rings. The van der Waals surface area contributed by atoms with Crippen molar-refractivity contribution < 1.29 is 0 Å². The van der Waals surface area contributed by atoms with E-state index in [4.69, 9.17) is 5.41 Å². The predicted molar refractivity (Wildman–Crippen MR) is 69.2 cm³/mol. The number of nitrogens with zero attached hydrogens (tertiary/aromatic N) is 1. The lowest BCUT2D eigenvalue weighted by molar-refractivity contribution is 0.958. The molecule has 1 heterocycles. The van der Waals surface area contributed by atoms with E-state index >= 15 is 0 Å². The van der Waals surface area contributed by atoms with E-state index in [-0.39, 0.29) is 6.04 Å². The van der Waals surface area contributed by atoms with Gasteiger partial charge in [-0.05, 0) is 31.1 Å². The van der Waals surface area contributed by atoms with Crippen LogP contribution in [0, 0.1) is 19.3 Å². The molecule has 0 bridgehead atoms. The van der Waals surface area contributed by atoms with E-state index in [1.807, 2.05) is 24.4 Å². The number of rotatable bonds is 2. The summed E-state index contributed by atoms with van der Waals surface area (Å²) >= 11 is 0. The Morgan fingerprint density at radius 3 is 2.50 bits per heavy atom. The van der Waals surface area contributed by atoms with Gasteiger partial charge in [0.1, 0.15) is 0 Å². The summed E-state index contributed by atoms with van der Waals surface area (Å²) in [6.45, 7) is 4.21. The molecule has 0 fully saturated rings. The van der Waals surface area contributed by atoms with Crippen LogP contribution in [0.3, 0.4) is 0 Å². The monoisotopic (exact) mass is 212 g/mol. The van der Waals surface area contributed by atoms with E-state index < -0.39 is 0 Å². The first-order valence-corrected chi connectivity index (χ1v) is 5.44. The third-order valence-corrected chi connectivity index (χ3v) is 2.86. The first-order valence-electron chi connectivity index (χ1n) is 5.44. The lowest BCUT2D eigenvalue weighted by Gasteiger charge is -2.30. The van der Waals surface area contributed by atoms with Crippen molar-refractivity contribution >= 4 is 11.9 Å². The molecule has 1 unspecified atom stereocenters. The van der Waals surface area contributed by atoms with Crippen molar-refractivity contribution in [2.45, 2.75) is 19.9 Å². The molecule has 1 atom stereocenters. The molecule has 0 saturated heterocycles. The molecule has 0 saturated carbocycles. The van der Waals surface area contributed by atoms with Gasteiger partial charge in [-0.25, -0.2) is 0 Å². The van der Waals surface area contributed by atoms with Crippen LogP contribution in [0.2, 0.25) is 0 Å². The second kappa shape index (κ2) is 4.35. The molecule has 2 nitrogen and oxygen atoms in total. The van der Waals surface area contributed by atoms with Gasteiger partial charge >= 0.3 is 0 Å². The highest BCUT2D eigenvalue weighted by Gasteiger charge is 2.17. The highest BCUT2D eigenvalue weighted by atomic mass is 15.1. The Bertz CT molecular complexity index is 438. The maximum Gasteiger partial charge on any atom is 0.0867 e. The first-order chi connectivity index (χ1) is 7.74. The van der Waals surface area contributed by atoms with Gasteiger partial charge in [0.05, 0.1) is 6.04 Å². The van der Waals surface area contributed by atoms with Crippen LogP contribution < -0.4 is 4.90 Å². The minimum atomic E-state index is 0.0322. The summed E-state index contributed by atoms with van der Waals surface area (Å²) in [4.78, 5) is 2.14. The van der Waals surface area contributed by atoms with E-state index in [9.17, 15) is 0 Å². The summed E-state index contributed by atoms with van der Waals surface area (Å²) in [6, 6.07) is 6.31. The number of para-hydroxylation sites is 1. The Kier molecular flexibility index (Phi) is 2.91. The standard InChI is InChI=1S/C14H16N2/c1-11-6-5-7-12(2)14(11)16-9-4-3-8-13(16)10-15/h3-10,13,15H,1-2H3. The van der Waals surface area contributed by atoms with Crippen LogP contribution in [0.25, 0.3) is 0 Å². The number of allylic oxidation sites excluding steroid dienone is 2. The van der Waals surface area contributed by atoms with Crippen molar-refractivity contribution in [1.82, 2.24) is 0 Å². The molecule has 0 amide bonds. The van der Waals surface area contributed by atoms with Crippen LogP contribution in [0.15, 0.2) is 42.6 Å². The van der Waals surface area contributed by atoms with Crippen molar-refractivity contribution in [3.63, 3.8) is 0 Å². The Morgan fingerprint density at radius 2 is 1.88 bits per heavy atom. The zero-order valence-corrected chi connectivity index (χ0v) is 9.64. The van der Waals surface area contributed by atoms with Crippen molar-refractivity contribution in [1.29, 1.82) is 5.41 Å². The topological polar surface area (TPSA) is 27.1 Å². The highest BCUT2D eigenvalue weighted by molar-refractivity contribution is 5.76. The van der Waals surface area contributed by atoms with Gasteiger partial charge < -0.3 is 10.3 Å². The van der Waals surface area contributed by atoms with E-state index in [0.29, 0.717) is 0 Å². The molecular formula is C14H16N2. The summed E-state index contributed by atoms with van der Waals surface area (Å²) < 4.78 is 0. The van der Waals surface area contributed by atoms with Gasteiger partial charge in [-0.3, -0.25) is 0 Å². The maximum absolute atomic E-state index is 7.47. The maximum atomic E-state index is 7.47. The molecule has 82 valence electrons. The summed E-state index contributed by atoms with van der Waals surface area (Å²) in [5, 5.41) is 7.47. The molecule has 1 aromatic carbocycles. The molecule has 1 N–H and O–H groups in total. The Balaban J connectivity index is 2.47.